The Balaban J connectivity index is 1.53. The number of nitro benzene ring substituents is 1. The van der Waals surface area contributed by atoms with Gasteiger partial charge in [-0.15, -0.1) is 0 Å². The van der Waals surface area contributed by atoms with Gasteiger partial charge < -0.3 is 10.6 Å². The number of carbonyl (C=O) groups excluding carboxylic acids is 2. The van der Waals surface area contributed by atoms with Crippen molar-refractivity contribution in [2.45, 2.75) is 24.6 Å². The van der Waals surface area contributed by atoms with E-state index in [-0.39, 0.29) is 28.7 Å². The Kier molecular flexibility index (Phi) is 6.42. The normalized spacial score (nSPS) is 12.3. The van der Waals surface area contributed by atoms with E-state index in [4.69, 9.17) is 11.6 Å². The molecule has 2 N–H and O–H groups in total. The number of non-ortho nitro benzene ring substituents is 1. The van der Waals surface area contributed by atoms with Crippen molar-refractivity contribution in [3.8, 4) is 0 Å². The molecular weight excluding hydrogens is 454 g/mol. The highest BCUT2D eigenvalue weighted by atomic mass is 35.5. The van der Waals surface area contributed by atoms with Gasteiger partial charge in [0.15, 0.2) is 0 Å². The summed E-state index contributed by atoms with van der Waals surface area (Å²) in [6.45, 7) is 0.296. The van der Waals surface area contributed by atoms with Crippen molar-refractivity contribution < 1.29 is 14.5 Å². The van der Waals surface area contributed by atoms with E-state index in [1.165, 1.54) is 16.8 Å². The number of nitrogens with zero attached hydrogens (tertiary/aromatic N) is 3. The van der Waals surface area contributed by atoms with Crippen LogP contribution in [0, 0.1) is 10.1 Å². The highest BCUT2D eigenvalue weighted by Crippen LogP contribution is 2.35. The van der Waals surface area contributed by atoms with Crippen molar-refractivity contribution >= 4 is 46.7 Å². The number of carbonyl (C=O) groups is 2. The minimum atomic E-state index is -0.607. The minimum absolute atomic E-state index is 0.0263. The van der Waals surface area contributed by atoms with Gasteiger partial charge in [-0.05, 0) is 11.6 Å². The Morgan fingerprint density at radius 1 is 1.19 bits per heavy atom. The molecule has 0 saturated carbocycles. The van der Waals surface area contributed by atoms with Gasteiger partial charge in [-0.1, -0.05) is 41.9 Å². The zero-order valence-corrected chi connectivity index (χ0v) is 18.3. The molecule has 1 aliphatic rings. The number of rotatable bonds is 7. The Bertz CT molecular complexity index is 1200. The summed E-state index contributed by atoms with van der Waals surface area (Å²) in [5.41, 5.74) is 2.33. The molecule has 0 radical (unpaired) electrons. The first-order chi connectivity index (χ1) is 15.4. The number of benzene rings is 2. The van der Waals surface area contributed by atoms with Crippen LogP contribution in [-0.2, 0) is 29.4 Å². The SMILES string of the molecule is O=C(Cn1nc2c(c1NC(=O)c1cc([N+](=O)[O-])ccc1Cl)CSC2)NCc1ccccc1. The quantitative estimate of drug-likeness (QED) is 0.400. The lowest BCUT2D eigenvalue weighted by Gasteiger charge is -2.12. The average molecular weight is 472 g/mol. The molecule has 32 heavy (non-hydrogen) atoms. The largest absolute Gasteiger partial charge is 0.350 e. The molecule has 0 spiro atoms. The molecule has 11 heteroatoms. The van der Waals surface area contributed by atoms with E-state index in [2.05, 4.69) is 15.7 Å². The number of halogens is 1. The van der Waals surface area contributed by atoms with Gasteiger partial charge in [0.05, 0.1) is 21.2 Å². The van der Waals surface area contributed by atoms with Crippen LogP contribution in [-0.4, -0.2) is 26.5 Å². The van der Waals surface area contributed by atoms with Crippen LogP contribution in [0.3, 0.4) is 0 Å². The van der Waals surface area contributed by atoms with Gasteiger partial charge in [0.25, 0.3) is 11.6 Å². The molecule has 2 heterocycles. The second kappa shape index (κ2) is 9.41. The van der Waals surface area contributed by atoms with Crippen molar-refractivity contribution in [2.75, 3.05) is 5.32 Å². The molecule has 0 fully saturated rings. The van der Waals surface area contributed by atoms with Gasteiger partial charge in [-0.25, -0.2) is 4.68 Å². The standard InChI is InChI=1S/C21H18ClN5O4S/c22-17-7-6-14(27(30)31)8-15(17)21(29)24-20-16-11-32-12-18(16)25-26(20)10-19(28)23-9-13-4-2-1-3-5-13/h1-8H,9-12H2,(H,23,28)(H,24,29). The van der Waals surface area contributed by atoms with E-state index in [0.717, 1.165) is 22.9 Å². The molecular formula is C21H18ClN5O4S. The Morgan fingerprint density at radius 2 is 1.97 bits per heavy atom. The number of anilines is 1. The van der Waals surface area contributed by atoms with E-state index in [1.54, 1.807) is 11.8 Å². The summed E-state index contributed by atoms with van der Waals surface area (Å²) < 4.78 is 1.45. The van der Waals surface area contributed by atoms with Crippen molar-refractivity contribution in [1.82, 2.24) is 15.1 Å². The number of thioether (sulfide) groups is 1. The summed E-state index contributed by atoms with van der Waals surface area (Å²) in [7, 11) is 0. The maximum atomic E-state index is 12.9. The van der Waals surface area contributed by atoms with E-state index in [1.807, 2.05) is 30.3 Å². The van der Waals surface area contributed by atoms with Gasteiger partial charge in [0.1, 0.15) is 12.4 Å². The summed E-state index contributed by atoms with van der Waals surface area (Å²) in [6.07, 6.45) is 0. The monoisotopic (exact) mass is 471 g/mol. The molecule has 164 valence electrons. The third kappa shape index (κ3) is 4.76. The van der Waals surface area contributed by atoms with Crippen LogP contribution in [0.4, 0.5) is 11.5 Å². The van der Waals surface area contributed by atoms with Crippen molar-refractivity contribution in [3.05, 3.63) is 86.1 Å². The molecule has 0 aliphatic carbocycles. The zero-order valence-electron chi connectivity index (χ0n) is 16.7. The second-order valence-corrected chi connectivity index (χ2v) is 8.45. The van der Waals surface area contributed by atoms with Crippen LogP contribution in [0.2, 0.25) is 5.02 Å². The van der Waals surface area contributed by atoms with Crippen molar-refractivity contribution in [3.63, 3.8) is 0 Å². The summed E-state index contributed by atoms with van der Waals surface area (Å²) in [5, 5.41) is 21.2. The highest BCUT2D eigenvalue weighted by molar-refractivity contribution is 7.98. The first-order valence-corrected chi connectivity index (χ1v) is 11.2. The van der Waals surface area contributed by atoms with Crippen LogP contribution in [0.5, 0.6) is 0 Å². The fourth-order valence-corrected chi connectivity index (χ4v) is 4.52. The fraction of sp³-hybridized carbons (Fsp3) is 0.190. The zero-order chi connectivity index (χ0) is 22.7. The van der Waals surface area contributed by atoms with Crippen LogP contribution in [0.1, 0.15) is 27.2 Å². The smallest absolute Gasteiger partial charge is 0.270 e. The topological polar surface area (TPSA) is 119 Å². The number of hydrogen-bond acceptors (Lipinski definition) is 6. The van der Waals surface area contributed by atoms with E-state index in [9.17, 15) is 19.7 Å². The summed E-state index contributed by atoms with van der Waals surface area (Å²) >= 11 is 7.75. The Labute approximate surface area is 192 Å². The molecule has 0 unspecified atom stereocenters. The first-order valence-electron chi connectivity index (χ1n) is 9.64. The van der Waals surface area contributed by atoms with Gasteiger partial charge >= 0.3 is 0 Å². The van der Waals surface area contributed by atoms with E-state index in [0.29, 0.717) is 23.9 Å². The van der Waals surface area contributed by atoms with Gasteiger partial charge in [-0.2, -0.15) is 16.9 Å². The lowest BCUT2D eigenvalue weighted by atomic mass is 10.2. The molecule has 2 amide bonds. The van der Waals surface area contributed by atoms with Crippen LogP contribution >= 0.6 is 23.4 Å². The molecule has 9 nitrogen and oxygen atoms in total. The number of nitrogens with one attached hydrogen (secondary N) is 2. The fourth-order valence-electron chi connectivity index (χ4n) is 3.28. The van der Waals surface area contributed by atoms with Crippen molar-refractivity contribution in [2.24, 2.45) is 0 Å². The second-order valence-electron chi connectivity index (χ2n) is 7.06. The third-order valence-corrected chi connectivity index (χ3v) is 6.18. The van der Waals surface area contributed by atoms with Crippen LogP contribution in [0.25, 0.3) is 0 Å². The number of fused-ring (bicyclic) bond motifs is 1. The molecule has 0 atom stereocenters. The van der Waals surface area contributed by atoms with Gasteiger partial charge in [0, 0.05) is 35.7 Å². The Morgan fingerprint density at radius 3 is 2.72 bits per heavy atom. The predicted molar refractivity (Wildman–Crippen MR) is 122 cm³/mol. The summed E-state index contributed by atoms with van der Waals surface area (Å²) in [6, 6.07) is 13.2. The molecule has 0 saturated heterocycles. The number of hydrogen-bond donors (Lipinski definition) is 2. The Hall–Kier alpha value is -3.37. The number of amides is 2. The number of nitro groups is 1. The predicted octanol–water partition coefficient (Wildman–Crippen LogP) is 3.76. The van der Waals surface area contributed by atoms with Crippen LogP contribution in [0.15, 0.2) is 48.5 Å². The molecule has 2 aromatic carbocycles. The van der Waals surface area contributed by atoms with Crippen LogP contribution < -0.4 is 10.6 Å². The average Bonchev–Trinajstić information content (AvgIpc) is 3.35. The summed E-state index contributed by atoms with van der Waals surface area (Å²) in [5.74, 6) is 0.844. The lowest BCUT2D eigenvalue weighted by molar-refractivity contribution is -0.384. The maximum absolute atomic E-state index is 12.9. The minimum Gasteiger partial charge on any atom is -0.350 e. The first kappa shape index (κ1) is 21.8. The molecule has 4 rings (SSSR count). The molecule has 0 bridgehead atoms. The maximum Gasteiger partial charge on any atom is 0.270 e. The van der Waals surface area contributed by atoms with Gasteiger partial charge in [0.2, 0.25) is 5.91 Å². The molecule has 1 aliphatic heterocycles. The summed E-state index contributed by atoms with van der Waals surface area (Å²) in [4.78, 5) is 35.9. The van der Waals surface area contributed by atoms with Gasteiger partial charge in [-0.3, -0.25) is 19.7 Å². The van der Waals surface area contributed by atoms with E-state index < -0.39 is 10.8 Å². The third-order valence-electron chi connectivity index (χ3n) is 4.88. The number of aromatic nitrogens is 2. The van der Waals surface area contributed by atoms with E-state index >= 15 is 0 Å². The molecule has 1 aromatic heterocycles. The highest BCUT2D eigenvalue weighted by Gasteiger charge is 2.26. The lowest BCUT2D eigenvalue weighted by Crippen LogP contribution is -2.28. The molecule has 3 aromatic rings. The van der Waals surface area contributed by atoms with Crippen molar-refractivity contribution in [1.29, 1.82) is 0 Å².